The van der Waals surface area contributed by atoms with E-state index in [1.165, 1.54) is 19.2 Å². The second-order valence-corrected chi connectivity index (χ2v) is 5.68. The van der Waals surface area contributed by atoms with E-state index in [9.17, 15) is 18.0 Å². The maximum Gasteiger partial charge on any atom is 0.337 e. The molecule has 110 valence electrons. The lowest BCUT2D eigenvalue weighted by molar-refractivity contribution is -0.139. The molecule has 1 rings (SSSR count). The summed E-state index contributed by atoms with van der Waals surface area (Å²) in [6.45, 7) is -0.544. The third-order valence-corrected chi connectivity index (χ3v) is 4.16. The zero-order valence-corrected chi connectivity index (χ0v) is 12.2. The monoisotopic (exact) mass is 321 g/mol. The summed E-state index contributed by atoms with van der Waals surface area (Å²) in [6, 6.07) is 3.64. The predicted octanol–water partition coefficient (Wildman–Crippen LogP) is 0.578. The Morgan fingerprint density at radius 2 is 1.90 bits per heavy atom. The quantitative estimate of drug-likeness (QED) is 0.796. The summed E-state index contributed by atoms with van der Waals surface area (Å²) >= 11 is 5.79. The number of sulfonamides is 1. The molecule has 0 saturated heterocycles. The highest BCUT2D eigenvalue weighted by Crippen LogP contribution is 2.22. The smallest absolute Gasteiger partial charge is 0.337 e. The molecule has 0 aliphatic carbocycles. The molecule has 1 aromatic carbocycles. The maximum absolute atomic E-state index is 12.0. The van der Waals surface area contributed by atoms with Crippen molar-refractivity contribution in [1.82, 2.24) is 4.72 Å². The van der Waals surface area contributed by atoms with Gasteiger partial charge in [-0.15, -0.1) is 0 Å². The molecule has 0 saturated carbocycles. The van der Waals surface area contributed by atoms with Crippen LogP contribution in [0, 0.1) is 0 Å². The Labute approximate surface area is 120 Å². The van der Waals surface area contributed by atoms with E-state index in [1.54, 1.807) is 0 Å². The van der Waals surface area contributed by atoms with Crippen molar-refractivity contribution in [3.63, 3.8) is 0 Å². The van der Waals surface area contributed by atoms with Gasteiger partial charge in [0.05, 0.1) is 24.8 Å². The molecule has 0 amide bonds. The van der Waals surface area contributed by atoms with E-state index in [4.69, 9.17) is 11.6 Å². The lowest BCUT2D eigenvalue weighted by atomic mass is 10.2. The highest BCUT2D eigenvalue weighted by molar-refractivity contribution is 7.89. The number of benzene rings is 1. The Morgan fingerprint density at radius 1 is 1.25 bits per heavy atom. The molecule has 9 heteroatoms. The molecule has 1 aromatic rings. The number of carbonyl (C=O) groups excluding carboxylic acids is 2. The third kappa shape index (κ3) is 3.92. The van der Waals surface area contributed by atoms with Crippen LogP contribution in [0.25, 0.3) is 0 Å². The van der Waals surface area contributed by atoms with Gasteiger partial charge < -0.3 is 9.47 Å². The van der Waals surface area contributed by atoms with Gasteiger partial charge in [-0.1, -0.05) is 11.6 Å². The van der Waals surface area contributed by atoms with Gasteiger partial charge in [-0.2, -0.15) is 4.72 Å². The van der Waals surface area contributed by atoms with Gasteiger partial charge in [-0.05, 0) is 18.2 Å². The molecule has 0 aromatic heterocycles. The number of hydrogen-bond donors (Lipinski definition) is 1. The van der Waals surface area contributed by atoms with Gasteiger partial charge in [-0.3, -0.25) is 4.79 Å². The van der Waals surface area contributed by atoms with Gasteiger partial charge in [0.1, 0.15) is 11.4 Å². The lowest BCUT2D eigenvalue weighted by Crippen LogP contribution is -2.30. The van der Waals surface area contributed by atoms with E-state index in [-0.39, 0.29) is 15.5 Å². The lowest BCUT2D eigenvalue weighted by Gasteiger charge is -2.09. The molecular weight excluding hydrogens is 310 g/mol. The van der Waals surface area contributed by atoms with Crippen molar-refractivity contribution in [3.05, 3.63) is 28.8 Å². The minimum absolute atomic E-state index is 0.0235. The summed E-state index contributed by atoms with van der Waals surface area (Å²) in [4.78, 5) is 22.0. The summed E-state index contributed by atoms with van der Waals surface area (Å²) in [6.07, 6.45) is 0. The minimum Gasteiger partial charge on any atom is -0.468 e. The molecule has 0 fully saturated rings. The van der Waals surface area contributed by atoms with Gasteiger partial charge in [0.2, 0.25) is 10.0 Å². The normalized spacial score (nSPS) is 10.9. The van der Waals surface area contributed by atoms with E-state index in [0.717, 1.165) is 13.2 Å². The molecule has 0 spiro atoms. The van der Waals surface area contributed by atoms with E-state index < -0.39 is 28.5 Å². The summed E-state index contributed by atoms with van der Waals surface area (Å²) in [5, 5.41) is -0.0879. The summed E-state index contributed by atoms with van der Waals surface area (Å²) < 4.78 is 34.8. The Hall–Kier alpha value is -1.64. The van der Waals surface area contributed by atoms with Crippen LogP contribution in [0.4, 0.5) is 0 Å². The number of methoxy groups -OCH3 is 2. The first-order valence-electron chi connectivity index (χ1n) is 5.26. The standard InChI is InChI=1S/C11H12ClNO6S/c1-18-10(14)6-13-20(16,17)9-5-7(11(15)19-2)3-4-8(9)12/h3-5,13H,6H2,1-2H3. The first kappa shape index (κ1) is 16.4. The predicted molar refractivity (Wildman–Crippen MR) is 70.0 cm³/mol. The van der Waals surface area contributed by atoms with Crippen LogP contribution in [-0.4, -0.2) is 41.1 Å². The van der Waals surface area contributed by atoms with E-state index in [0.29, 0.717) is 0 Å². The van der Waals surface area contributed by atoms with Crippen LogP contribution in [0.15, 0.2) is 23.1 Å². The molecule has 0 aliphatic heterocycles. The zero-order valence-electron chi connectivity index (χ0n) is 10.7. The van der Waals surface area contributed by atoms with Crippen molar-refractivity contribution < 1.29 is 27.5 Å². The Balaban J connectivity index is 3.11. The zero-order chi connectivity index (χ0) is 15.3. The van der Waals surface area contributed by atoms with Crippen LogP contribution in [0.3, 0.4) is 0 Å². The van der Waals surface area contributed by atoms with Crippen LogP contribution < -0.4 is 4.72 Å². The average Bonchev–Trinajstić information content (AvgIpc) is 2.44. The van der Waals surface area contributed by atoms with Gasteiger partial charge in [0.15, 0.2) is 0 Å². The largest absolute Gasteiger partial charge is 0.468 e. The summed E-state index contributed by atoms with van der Waals surface area (Å²) in [5.41, 5.74) is 0.0235. The Kier molecular flexibility index (Phi) is 5.49. The first-order chi connectivity index (χ1) is 9.31. The number of ether oxygens (including phenoxy) is 2. The summed E-state index contributed by atoms with van der Waals surface area (Å²) in [7, 11) is -1.76. The van der Waals surface area contributed by atoms with Crippen molar-refractivity contribution in [2.24, 2.45) is 0 Å². The first-order valence-corrected chi connectivity index (χ1v) is 7.12. The van der Waals surface area contributed by atoms with Gasteiger partial charge in [0.25, 0.3) is 0 Å². The van der Waals surface area contributed by atoms with Crippen molar-refractivity contribution in [2.75, 3.05) is 20.8 Å². The topological polar surface area (TPSA) is 98.8 Å². The van der Waals surface area contributed by atoms with Crippen molar-refractivity contribution in [1.29, 1.82) is 0 Å². The van der Waals surface area contributed by atoms with E-state index in [2.05, 4.69) is 9.47 Å². The van der Waals surface area contributed by atoms with Crippen molar-refractivity contribution in [2.45, 2.75) is 4.90 Å². The molecule has 20 heavy (non-hydrogen) atoms. The third-order valence-electron chi connectivity index (χ3n) is 2.28. The molecule has 0 radical (unpaired) electrons. The fourth-order valence-electron chi connectivity index (χ4n) is 1.26. The Morgan fingerprint density at radius 3 is 2.45 bits per heavy atom. The molecule has 0 atom stereocenters. The van der Waals surface area contributed by atoms with Crippen LogP contribution in [0.5, 0.6) is 0 Å². The minimum atomic E-state index is -4.05. The number of hydrogen-bond acceptors (Lipinski definition) is 6. The van der Waals surface area contributed by atoms with Crippen LogP contribution >= 0.6 is 11.6 Å². The second-order valence-electron chi connectivity index (χ2n) is 3.54. The SMILES string of the molecule is COC(=O)CNS(=O)(=O)c1cc(C(=O)OC)ccc1Cl. The van der Waals surface area contributed by atoms with Gasteiger partial charge in [0, 0.05) is 0 Å². The molecule has 0 bridgehead atoms. The highest BCUT2D eigenvalue weighted by atomic mass is 35.5. The number of esters is 2. The fraction of sp³-hybridized carbons (Fsp3) is 0.273. The Bertz CT molecular complexity index is 628. The molecule has 0 heterocycles. The highest BCUT2D eigenvalue weighted by Gasteiger charge is 2.21. The number of nitrogens with one attached hydrogen (secondary N) is 1. The van der Waals surface area contributed by atoms with Crippen LogP contribution in [0.2, 0.25) is 5.02 Å². The molecular formula is C11H12ClNO6S. The van der Waals surface area contributed by atoms with Crippen LogP contribution in [-0.2, 0) is 24.3 Å². The van der Waals surface area contributed by atoms with Gasteiger partial charge in [-0.25, -0.2) is 13.2 Å². The molecule has 0 unspecified atom stereocenters. The van der Waals surface area contributed by atoms with E-state index >= 15 is 0 Å². The number of halogens is 1. The fourth-order valence-corrected chi connectivity index (χ4v) is 2.75. The van der Waals surface area contributed by atoms with Crippen LogP contribution in [0.1, 0.15) is 10.4 Å². The number of rotatable bonds is 5. The van der Waals surface area contributed by atoms with Crippen molar-refractivity contribution >= 4 is 33.6 Å². The molecule has 7 nitrogen and oxygen atoms in total. The molecule has 1 N–H and O–H groups in total. The van der Waals surface area contributed by atoms with E-state index in [1.807, 2.05) is 4.72 Å². The second kappa shape index (κ2) is 6.69. The number of carbonyl (C=O) groups is 2. The summed E-state index contributed by atoms with van der Waals surface area (Å²) in [5.74, 6) is -1.46. The van der Waals surface area contributed by atoms with Crippen molar-refractivity contribution in [3.8, 4) is 0 Å². The maximum atomic E-state index is 12.0. The van der Waals surface area contributed by atoms with Gasteiger partial charge >= 0.3 is 11.9 Å². The average molecular weight is 322 g/mol. The molecule has 0 aliphatic rings.